The van der Waals surface area contributed by atoms with Crippen LogP contribution < -0.4 is 15.8 Å². The summed E-state index contributed by atoms with van der Waals surface area (Å²) in [4.78, 5) is 11.8. The Kier molecular flexibility index (Phi) is 5.60. The van der Waals surface area contributed by atoms with Gasteiger partial charge in [0.25, 0.3) is 0 Å². The third kappa shape index (κ3) is 4.77. The van der Waals surface area contributed by atoms with Crippen molar-refractivity contribution in [2.24, 2.45) is 5.73 Å². The molecule has 21 heavy (non-hydrogen) atoms. The molecule has 0 aliphatic heterocycles. The largest absolute Gasteiger partial charge is 0.493 e. The van der Waals surface area contributed by atoms with Crippen LogP contribution >= 0.6 is 11.6 Å². The monoisotopic (exact) mass is 304 g/mol. The first-order chi connectivity index (χ1) is 10.2. The highest BCUT2D eigenvalue weighted by molar-refractivity contribution is 6.33. The average molecular weight is 305 g/mol. The second-order valence-corrected chi connectivity index (χ2v) is 4.88. The molecule has 110 valence electrons. The highest BCUT2D eigenvalue weighted by Crippen LogP contribution is 2.20. The molecular formula is C16H17ClN2O2. The number of nitrogens with one attached hydrogen (secondary N) is 1. The van der Waals surface area contributed by atoms with Gasteiger partial charge in [0.15, 0.2) is 0 Å². The van der Waals surface area contributed by atoms with Gasteiger partial charge >= 0.3 is 0 Å². The summed E-state index contributed by atoms with van der Waals surface area (Å²) < 4.78 is 5.51. The van der Waals surface area contributed by atoms with E-state index in [9.17, 15) is 4.79 Å². The van der Waals surface area contributed by atoms with Crippen molar-refractivity contribution in [3.05, 3.63) is 59.1 Å². The zero-order valence-electron chi connectivity index (χ0n) is 11.5. The number of nitrogens with two attached hydrogens (primary N) is 1. The number of rotatable bonds is 6. The number of hydrogen-bond acceptors (Lipinski definition) is 3. The third-order valence-corrected chi connectivity index (χ3v) is 3.23. The van der Waals surface area contributed by atoms with Gasteiger partial charge in [-0.25, -0.2) is 0 Å². The van der Waals surface area contributed by atoms with E-state index >= 15 is 0 Å². The van der Waals surface area contributed by atoms with Crippen molar-refractivity contribution in [3.63, 3.8) is 0 Å². The van der Waals surface area contributed by atoms with Gasteiger partial charge in [0.05, 0.1) is 23.7 Å². The molecule has 0 saturated heterocycles. The summed E-state index contributed by atoms with van der Waals surface area (Å²) in [6, 6.07) is 14.6. The molecule has 0 aliphatic rings. The summed E-state index contributed by atoms with van der Waals surface area (Å²) in [5.74, 6) is 0.583. The number of benzene rings is 2. The van der Waals surface area contributed by atoms with Crippen molar-refractivity contribution >= 4 is 23.2 Å². The van der Waals surface area contributed by atoms with Crippen molar-refractivity contribution in [1.29, 1.82) is 0 Å². The lowest BCUT2D eigenvalue weighted by molar-refractivity contribution is -0.116. The zero-order chi connectivity index (χ0) is 15.1. The predicted molar refractivity (Wildman–Crippen MR) is 84.5 cm³/mol. The molecule has 0 heterocycles. The number of carbonyl (C=O) groups excluding carboxylic acids is 1. The van der Waals surface area contributed by atoms with Crippen molar-refractivity contribution < 1.29 is 9.53 Å². The van der Waals surface area contributed by atoms with Crippen LogP contribution in [0.5, 0.6) is 5.75 Å². The van der Waals surface area contributed by atoms with E-state index in [1.807, 2.05) is 36.4 Å². The standard InChI is InChI=1S/C16H17ClN2O2/c17-14-3-1-2-4-15(14)19-16(20)9-10-21-13-7-5-12(11-18)6-8-13/h1-8H,9-11,18H2,(H,19,20). The van der Waals surface area contributed by atoms with E-state index in [0.29, 0.717) is 23.9 Å². The van der Waals surface area contributed by atoms with Gasteiger partial charge in [0.2, 0.25) is 5.91 Å². The molecule has 0 aromatic heterocycles. The zero-order valence-corrected chi connectivity index (χ0v) is 12.3. The lowest BCUT2D eigenvalue weighted by atomic mass is 10.2. The first kappa shape index (κ1) is 15.4. The molecule has 0 unspecified atom stereocenters. The molecular weight excluding hydrogens is 288 g/mol. The van der Waals surface area contributed by atoms with Gasteiger partial charge in [-0.2, -0.15) is 0 Å². The Morgan fingerprint density at radius 2 is 1.86 bits per heavy atom. The Balaban J connectivity index is 1.77. The summed E-state index contributed by atoms with van der Waals surface area (Å²) >= 11 is 5.97. The minimum atomic E-state index is -0.137. The Morgan fingerprint density at radius 3 is 2.52 bits per heavy atom. The van der Waals surface area contributed by atoms with Crippen LogP contribution in [0.1, 0.15) is 12.0 Å². The van der Waals surface area contributed by atoms with E-state index < -0.39 is 0 Å². The molecule has 0 radical (unpaired) electrons. The minimum Gasteiger partial charge on any atom is -0.493 e. The Bertz CT molecular complexity index is 599. The van der Waals surface area contributed by atoms with Crippen LogP contribution in [0.3, 0.4) is 0 Å². The molecule has 0 spiro atoms. The Labute approximate surface area is 128 Å². The summed E-state index contributed by atoms with van der Waals surface area (Å²) in [6.07, 6.45) is 0.254. The van der Waals surface area contributed by atoms with Crippen LogP contribution in [0, 0.1) is 0 Å². The lowest BCUT2D eigenvalue weighted by Crippen LogP contribution is -2.15. The normalized spacial score (nSPS) is 10.2. The van der Waals surface area contributed by atoms with Gasteiger partial charge in [0.1, 0.15) is 5.75 Å². The van der Waals surface area contributed by atoms with E-state index in [1.165, 1.54) is 0 Å². The molecule has 0 bridgehead atoms. The minimum absolute atomic E-state index is 0.137. The molecule has 2 aromatic carbocycles. The van der Waals surface area contributed by atoms with E-state index in [-0.39, 0.29) is 12.3 Å². The molecule has 5 heteroatoms. The fourth-order valence-corrected chi connectivity index (χ4v) is 1.94. The van der Waals surface area contributed by atoms with Gasteiger partial charge in [-0.05, 0) is 29.8 Å². The topological polar surface area (TPSA) is 64.3 Å². The maximum atomic E-state index is 11.8. The number of para-hydroxylation sites is 1. The maximum absolute atomic E-state index is 11.8. The predicted octanol–water partition coefficient (Wildman–Crippen LogP) is 3.21. The van der Waals surface area contributed by atoms with Gasteiger partial charge in [-0.15, -0.1) is 0 Å². The number of halogens is 1. The SMILES string of the molecule is NCc1ccc(OCCC(=O)Nc2ccccc2Cl)cc1. The lowest BCUT2D eigenvalue weighted by Gasteiger charge is -2.08. The van der Waals surface area contributed by atoms with E-state index in [2.05, 4.69) is 5.32 Å². The van der Waals surface area contributed by atoms with Crippen molar-refractivity contribution in [2.45, 2.75) is 13.0 Å². The van der Waals surface area contributed by atoms with Crippen LogP contribution in [-0.4, -0.2) is 12.5 Å². The molecule has 2 aromatic rings. The van der Waals surface area contributed by atoms with Crippen LogP contribution in [0.15, 0.2) is 48.5 Å². The fraction of sp³-hybridized carbons (Fsp3) is 0.188. The van der Waals surface area contributed by atoms with Gasteiger partial charge in [-0.1, -0.05) is 35.9 Å². The second kappa shape index (κ2) is 7.67. The second-order valence-electron chi connectivity index (χ2n) is 4.47. The van der Waals surface area contributed by atoms with Crippen LogP contribution in [0.2, 0.25) is 5.02 Å². The summed E-state index contributed by atoms with van der Waals surface area (Å²) in [6.45, 7) is 0.804. The highest BCUT2D eigenvalue weighted by atomic mass is 35.5. The van der Waals surface area contributed by atoms with Gasteiger partial charge in [-0.3, -0.25) is 4.79 Å². The van der Waals surface area contributed by atoms with E-state index in [0.717, 1.165) is 11.3 Å². The first-order valence-electron chi connectivity index (χ1n) is 6.65. The third-order valence-electron chi connectivity index (χ3n) is 2.90. The Hall–Kier alpha value is -2.04. The quantitative estimate of drug-likeness (QED) is 0.861. The van der Waals surface area contributed by atoms with Crippen molar-refractivity contribution in [2.75, 3.05) is 11.9 Å². The molecule has 1 amide bonds. The van der Waals surface area contributed by atoms with Crippen molar-refractivity contribution in [1.82, 2.24) is 0 Å². The molecule has 4 nitrogen and oxygen atoms in total. The Morgan fingerprint density at radius 1 is 1.14 bits per heavy atom. The average Bonchev–Trinajstić information content (AvgIpc) is 2.50. The molecule has 0 fully saturated rings. The number of ether oxygens (including phenoxy) is 1. The van der Waals surface area contributed by atoms with Crippen LogP contribution in [0.25, 0.3) is 0 Å². The smallest absolute Gasteiger partial charge is 0.227 e. The summed E-state index contributed by atoms with van der Waals surface area (Å²) in [5.41, 5.74) is 7.17. The van der Waals surface area contributed by atoms with Gasteiger partial charge < -0.3 is 15.8 Å². The highest BCUT2D eigenvalue weighted by Gasteiger charge is 2.05. The molecule has 0 atom stereocenters. The molecule has 2 rings (SSSR count). The number of anilines is 1. The van der Waals surface area contributed by atoms with Crippen LogP contribution in [-0.2, 0) is 11.3 Å². The summed E-state index contributed by atoms with van der Waals surface area (Å²) in [5, 5.41) is 3.27. The van der Waals surface area contributed by atoms with Crippen molar-refractivity contribution in [3.8, 4) is 5.75 Å². The van der Waals surface area contributed by atoms with E-state index in [4.69, 9.17) is 22.1 Å². The number of amides is 1. The maximum Gasteiger partial charge on any atom is 0.227 e. The molecule has 0 saturated carbocycles. The summed E-state index contributed by atoms with van der Waals surface area (Å²) in [7, 11) is 0. The number of carbonyl (C=O) groups is 1. The molecule has 3 N–H and O–H groups in total. The van der Waals surface area contributed by atoms with Crippen LogP contribution in [0.4, 0.5) is 5.69 Å². The fourth-order valence-electron chi connectivity index (χ4n) is 1.76. The van der Waals surface area contributed by atoms with E-state index in [1.54, 1.807) is 12.1 Å². The molecule has 0 aliphatic carbocycles. The van der Waals surface area contributed by atoms with Gasteiger partial charge in [0, 0.05) is 6.54 Å². The first-order valence-corrected chi connectivity index (χ1v) is 7.03. The number of hydrogen-bond donors (Lipinski definition) is 2.